The van der Waals surface area contributed by atoms with E-state index in [1.807, 2.05) is 0 Å². The highest BCUT2D eigenvalue weighted by Crippen LogP contribution is 2.21. The van der Waals surface area contributed by atoms with Gasteiger partial charge in [0, 0.05) is 24.8 Å². The van der Waals surface area contributed by atoms with E-state index in [-0.39, 0.29) is 59.4 Å². The number of rotatable bonds is 12. The van der Waals surface area contributed by atoms with E-state index in [9.17, 15) is 36.0 Å². The van der Waals surface area contributed by atoms with Crippen LogP contribution in [0.2, 0.25) is 0 Å². The minimum atomic E-state index is -4.27. The number of hydrogen-bond acceptors (Lipinski definition) is 14. The molecular formula is C27H31N3O12S4. The Morgan fingerprint density at radius 3 is 1.63 bits per heavy atom. The molecule has 2 heterocycles. The summed E-state index contributed by atoms with van der Waals surface area (Å²) in [4.78, 5) is 55.2. The molecule has 2 atom stereocenters. The molecule has 0 saturated heterocycles. The summed E-state index contributed by atoms with van der Waals surface area (Å²) in [5.74, 6) is -5.15. The van der Waals surface area contributed by atoms with Crippen LogP contribution in [0.1, 0.15) is 34.6 Å². The van der Waals surface area contributed by atoms with E-state index in [2.05, 4.69) is 24.2 Å². The lowest BCUT2D eigenvalue weighted by atomic mass is 10.2. The molecule has 1 aromatic carbocycles. The maximum absolute atomic E-state index is 12.8. The van der Waals surface area contributed by atoms with Crippen molar-refractivity contribution < 1.29 is 55.0 Å². The average molecular weight is 718 g/mol. The van der Waals surface area contributed by atoms with Crippen LogP contribution in [-0.4, -0.2) is 76.7 Å². The minimum Gasteiger partial charge on any atom is -0.465 e. The van der Waals surface area contributed by atoms with Crippen molar-refractivity contribution >= 4 is 70.7 Å². The van der Waals surface area contributed by atoms with Crippen molar-refractivity contribution in [1.29, 1.82) is 0 Å². The second kappa shape index (κ2) is 17.0. The highest BCUT2D eigenvalue weighted by molar-refractivity contribution is 7.91. The first-order valence-electron chi connectivity index (χ1n) is 12.5. The largest absolute Gasteiger partial charge is 0.465 e. The third kappa shape index (κ3) is 10.5. The Morgan fingerprint density at radius 2 is 1.15 bits per heavy atom. The molecule has 0 aliphatic heterocycles. The summed E-state index contributed by atoms with van der Waals surface area (Å²) in [7, 11) is -6.04. The summed E-state index contributed by atoms with van der Waals surface area (Å²) in [5, 5.41) is 0. The number of sulfonamides is 1. The highest BCUT2D eigenvalue weighted by atomic mass is 32.2. The molecule has 250 valence electrons. The molecule has 0 unspecified atom stereocenters. The number of methoxy groups -OCH3 is 2. The first kappa shape index (κ1) is 40.0. The van der Waals surface area contributed by atoms with Crippen molar-refractivity contribution in [3.8, 4) is 11.5 Å². The number of pyridine rings is 2. The van der Waals surface area contributed by atoms with Crippen molar-refractivity contribution in [2.45, 2.75) is 29.7 Å². The molecule has 0 aliphatic carbocycles. The zero-order valence-corrected chi connectivity index (χ0v) is 28.4. The Labute approximate surface area is 278 Å². The normalized spacial score (nSPS) is 12.3. The van der Waals surface area contributed by atoms with Crippen LogP contribution in [0.3, 0.4) is 0 Å². The van der Waals surface area contributed by atoms with Crippen LogP contribution in [0.25, 0.3) is 0 Å². The van der Waals surface area contributed by atoms with Crippen molar-refractivity contribution in [2.24, 2.45) is 5.92 Å². The van der Waals surface area contributed by atoms with E-state index < -0.39 is 61.5 Å². The van der Waals surface area contributed by atoms with Crippen molar-refractivity contribution in [3.63, 3.8) is 0 Å². The Bertz CT molecular complexity index is 1650. The summed E-state index contributed by atoms with van der Waals surface area (Å²) in [5.41, 5.74) is -0.177. The van der Waals surface area contributed by atoms with Crippen LogP contribution < -0.4 is 14.2 Å². The van der Waals surface area contributed by atoms with Gasteiger partial charge in [0.05, 0.1) is 41.9 Å². The smallest absolute Gasteiger partial charge is 0.339 e. The molecule has 0 saturated carbocycles. The Morgan fingerprint density at radius 1 is 0.717 bits per heavy atom. The first-order valence-corrected chi connectivity index (χ1v) is 15.7. The van der Waals surface area contributed by atoms with E-state index >= 15 is 0 Å². The molecule has 0 spiro atoms. The predicted molar refractivity (Wildman–Crippen MR) is 171 cm³/mol. The van der Waals surface area contributed by atoms with Gasteiger partial charge in [-0.25, -0.2) is 31.2 Å². The Kier molecular flexibility index (Phi) is 14.8. The lowest BCUT2D eigenvalue weighted by molar-refractivity contribution is -0.138. The molecule has 3 aromatic rings. The maximum Gasteiger partial charge on any atom is 0.339 e. The second-order valence-electron chi connectivity index (χ2n) is 9.14. The number of aromatic nitrogens is 2. The topological polar surface area (TPSA) is 211 Å². The van der Waals surface area contributed by atoms with Gasteiger partial charge in [-0.05, 0) is 43.3 Å². The van der Waals surface area contributed by atoms with Crippen molar-refractivity contribution in [2.75, 3.05) is 20.0 Å². The van der Waals surface area contributed by atoms with E-state index in [4.69, 9.17) is 9.47 Å². The van der Waals surface area contributed by atoms with Crippen LogP contribution in [0.4, 0.5) is 0 Å². The van der Waals surface area contributed by atoms with Gasteiger partial charge in [-0.2, -0.15) is 31.7 Å². The van der Waals surface area contributed by atoms with Crippen LogP contribution in [0.5, 0.6) is 11.5 Å². The minimum absolute atomic E-state index is 0. The fourth-order valence-corrected chi connectivity index (χ4v) is 6.15. The number of benzene rings is 1. The molecule has 19 heteroatoms. The molecule has 0 fully saturated rings. The van der Waals surface area contributed by atoms with Gasteiger partial charge >= 0.3 is 23.9 Å². The fourth-order valence-electron chi connectivity index (χ4n) is 3.45. The molecule has 0 radical (unpaired) electrons. The number of nitrogens with one attached hydrogen (secondary N) is 1. The molecule has 1 N–H and O–H groups in total. The first-order chi connectivity index (χ1) is 20.7. The molecule has 0 amide bonds. The number of esters is 4. The van der Waals surface area contributed by atoms with Gasteiger partial charge in [-0.15, -0.1) is 0 Å². The van der Waals surface area contributed by atoms with E-state index in [1.165, 1.54) is 38.1 Å². The Hall–Kier alpha value is -4.04. The number of sulfone groups is 1. The molecule has 0 bridgehead atoms. The summed E-state index contributed by atoms with van der Waals surface area (Å²) in [6, 6.07) is 5.89. The molecule has 0 aliphatic rings. The van der Waals surface area contributed by atoms with Gasteiger partial charge in [0.15, 0.2) is 9.84 Å². The van der Waals surface area contributed by atoms with E-state index in [0.29, 0.717) is 0 Å². The summed E-state index contributed by atoms with van der Waals surface area (Å²) < 4.78 is 72.5. The lowest BCUT2D eigenvalue weighted by Crippen LogP contribution is -2.40. The van der Waals surface area contributed by atoms with Crippen molar-refractivity contribution in [3.05, 3.63) is 72.3 Å². The molecule has 2 aromatic heterocycles. The fraction of sp³-hybridized carbons (Fsp3) is 0.259. The second-order valence-corrected chi connectivity index (χ2v) is 12.9. The number of nitrogens with zero attached hydrogens (tertiary/aromatic N) is 2. The zero-order valence-electron chi connectivity index (χ0n) is 24.7. The van der Waals surface area contributed by atoms with E-state index in [0.717, 1.165) is 51.1 Å². The third-order valence-electron chi connectivity index (χ3n) is 5.76. The van der Waals surface area contributed by atoms with Gasteiger partial charge < -0.3 is 18.9 Å². The SMILES string of the molecule is COC(=O)c1cncc(S(=O)(=O)C[C@@H](C)C(=O)Oc2ccc(OC(=O)[C@H](C)NS(=O)(=O)c3cncc(C(=O)OC)c3)cc2)c1.S.S. The van der Waals surface area contributed by atoms with Crippen LogP contribution in [0.15, 0.2) is 71.0 Å². The predicted octanol–water partition coefficient (Wildman–Crippen LogP) is 1.56. The maximum atomic E-state index is 12.8. The third-order valence-corrected chi connectivity index (χ3v) is 9.14. The van der Waals surface area contributed by atoms with Gasteiger partial charge in [0.25, 0.3) is 0 Å². The van der Waals surface area contributed by atoms with Crippen LogP contribution in [0, 0.1) is 5.92 Å². The highest BCUT2D eigenvalue weighted by Gasteiger charge is 2.27. The van der Waals surface area contributed by atoms with Crippen LogP contribution >= 0.6 is 27.0 Å². The van der Waals surface area contributed by atoms with Crippen molar-refractivity contribution in [1.82, 2.24) is 14.7 Å². The number of ether oxygens (including phenoxy) is 4. The quantitative estimate of drug-likeness (QED) is 0.208. The number of carbonyl (C=O) groups is 4. The van der Waals surface area contributed by atoms with Gasteiger partial charge in [-0.1, -0.05) is 6.92 Å². The lowest BCUT2D eigenvalue weighted by Gasteiger charge is -2.14. The number of hydrogen-bond donors (Lipinski definition) is 1. The summed E-state index contributed by atoms with van der Waals surface area (Å²) >= 11 is 0. The molecule has 15 nitrogen and oxygen atoms in total. The molecule has 3 rings (SSSR count). The summed E-state index contributed by atoms with van der Waals surface area (Å²) in [6.07, 6.45) is 4.31. The van der Waals surface area contributed by atoms with E-state index in [1.54, 1.807) is 0 Å². The standard InChI is InChI=1S/C27H27N3O12S2.2H2S/c1-16(15-43(35,36)22-9-18(11-28-13-22)26(33)39-3)24(31)41-20-5-7-21(8-6-20)42-25(32)17(2)30-44(37,38)23-10-19(12-29-14-23)27(34)40-4;;/h5-14,16-17,30H,15H2,1-4H3;2*1H2/t16-,17+;;/m1../s1. The van der Waals surface area contributed by atoms with Gasteiger partial charge in [-0.3, -0.25) is 14.8 Å². The summed E-state index contributed by atoms with van der Waals surface area (Å²) in [6.45, 7) is 2.59. The van der Waals surface area contributed by atoms with Gasteiger partial charge in [0.1, 0.15) is 22.4 Å². The van der Waals surface area contributed by atoms with Crippen LogP contribution in [-0.2, 0) is 38.9 Å². The monoisotopic (exact) mass is 717 g/mol. The average Bonchev–Trinajstić information content (AvgIpc) is 3.00. The Balaban J connectivity index is 0.00000529. The zero-order chi connectivity index (χ0) is 32.7. The molecule has 46 heavy (non-hydrogen) atoms. The molecular weight excluding hydrogens is 687 g/mol. The number of carbonyl (C=O) groups excluding carboxylic acids is 4. The van der Waals surface area contributed by atoms with Gasteiger partial charge in [0.2, 0.25) is 10.0 Å².